The highest BCUT2D eigenvalue weighted by Gasteiger charge is 2.17. The Bertz CT molecular complexity index is 843. The summed E-state index contributed by atoms with van der Waals surface area (Å²) in [4.78, 5) is 28.1. The predicted molar refractivity (Wildman–Crippen MR) is 105 cm³/mol. The number of amides is 1. The third kappa shape index (κ3) is 5.97. The molecule has 0 aliphatic rings. The number of benzene rings is 1. The van der Waals surface area contributed by atoms with Crippen molar-refractivity contribution in [1.82, 2.24) is 10.3 Å². The van der Waals surface area contributed by atoms with Gasteiger partial charge in [-0.2, -0.15) is 0 Å². The van der Waals surface area contributed by atoms with Crippen molar-refractivity contribution in [2.24, 2.45) is 0 Å². The van der Waals surface area contributed by atoms with E-state index in [1.54, 1.807) is 45.2 Å². The van der Waals surface area contributed by atoms with Crippen molar-refractivity contribution >= 4 is 12.1 Å². The lowest BCUT2D eigenvalue weighted by Crippen LogP contribution is -2.32. The Balaban J connectivity index is 2.27. The van der Waals surface area contributed by atoms with Crippen LogP contribution in [0, 0.1) is 0 Å². The smallest absolute Gasteiger partial charge is 0.407 e. The Morgan fingerprint density at radius 2 is 1.89 bits per heavy atom. The van der Waals surface area contributed by atoms with E-state index in [0.29, 0.717) is 23.6 Å². The molecule has 150 valence electrons. The summed E-state index contributed by atoms with van der Waals surface area (Å²) in [7, 11) is 1.34. The Morgan fingerprint density at radius 3 is 2.54 bits per heavy atom. The first-order valence-corrected chi connectivity index (χ1v) is 9.01. The zero-order valence-corrected chi connectivity index (χ0v) is 16.9. The van der Waals surface area contributed by atoms with E-state index < -0.39 is 17.7 Å². The summed E-state index contributed by atoms with van der Waals surface area (Å²) < 4.78 is 15.6. The van der Waals surface area contributed by atoms with Gasteiger partial charge in [0.25, 0.3) is 0 Å². The van der Waals surface area contributed by atoms with Crippen LogP contribution < -0.4 is 10.1 Å². The quantitative estimate of drug-likeness (QED) is 0.756. The number of esters is 1. The molecule has 1 aromatic carbocycles. The van der Waals surface area contributed by atoms with Gasteiger partial charge in [-0.1, -0.05) is 12.1 Å². The highest BCUT2D eigenvalue weighted by Crippen LogP contribution is 2.25. The normalized spacial score (nSPS) is 10.9. The number of carbonyl (C=O) groups is 2. The van der Waals surface area contributed by atoms with E-state index in [2.05, 4.69) is 10.3 Å². The van der Waals surface area contributed by atoms with Gasteiger partial charge in [-0.05, 0) is 51.5 Å². The number of alkyl carbamates (subject to hydrolysis) is 1. The van der Waals surface area contributed by atoms with Gasteiger partial charge in [0.15, 0.2) is 0 Å². The highest BCUT2D eigenvalue weighted by atomic mass is 16.6. The molecule has 2 aromatic rings. The Morgan fingerprint density at radius 1 is 1.14 bits per heavy atom. The highest BCUT2D eigenvalue weighted by molar-refractivity contribution is 5.91. The minimum absolute atomic E-state index is 0.196. The fraction of sp³-hybridized carbons (Fsp3) is 0.381. The van der Waals surface area contributed by atoms with E-state index in [0.717, 1.165) is 11.1 Å². The lowest BCUT2D eigenvalue weighted by Gasteiger charge is -2.20. The van der Waals surface area contributed by atoms with Gasteiger partial charge in [0.1, 0.15) is 5.60 Å². The molecule has 0 fully saturated rings. The van der Waals surface area contributed by atoms with Crippen molar-refractivity contribution in [3.8, 4) is 17.0 Å². The molecule has 0 radical (unpaired) electrons. The van der Waals surface area contributed by atoms with Crippen LogP contribution in [-0.2, 0) is 16.0 Å². The number of nitrogens with one attached hydrogen (secondary N) is 1. The van der Waals surface area contributed by atoms with Gasteiger partial charge < -0.3 is 19.5 Å². The van der Waals surface area contributed by atoms with Crippen molar-refractivity contribution < 1.29 is 23.8 Å². The molecule has 0 aliphatic heterocycles. The molecule has 0 atom stereocenters. The second-order valence-electron chi connectivity index (χ2n) is 7.05. The van der Waals surface area contributed by atoms with Crippen LogP contribution in [0.3, 0.4) is 0 Å². The van der Waals surface area contributed by atoms with E-state index in [-0.39, 0.29) is 6.54 Å². The van der Waals surface area contributed by atoms with Gasteiger partial charge in [0.2, 0.25) is 5.88 Å². The fourth-order valence-corrected chi connectivity index (χ4v) is 2.47. The van der Waals surface area contributed by atoms with Crippen LogP contribution in [-0.4, -0.2) is 36.4 Å². The maximum absolute atomic E-state index is 12.0. The van der Waals surface area contributed by atoms with Crippen molar-refractivity contribution in [2.75, 3.05) is 13.7 Å². The minimum atomic E-state index is -0.582. The predicted octanol–water partition coefficient (Wildman–Crippen LogP) is 3.96. The fourth-order valence-electron chi connectivity index (χ4n) is 2.47. The van der Waals surface area contributed by atoms with E-state index in [4.69, 9.17) is 14.2 Å². The van der Waals surface area contributed by atoms with Crippen molar-refractivity contribution in [1.29, 1.82) is 0 Å². The number of carbonyl (C=O) groups excluding carboxylic acids is 2. The number of aromatic nitrogens is 1. The summed E-state index contributed by atoms with van der Waals surface area (Å²) in [5.74, 6) is 0.0268. The number of nitrogens with zero attached hydrogens (tertiary/aromatic N) is 1. The molecule has 0 saturated heterocycles. The van der Waals surface area contributed by atoms with Crippen LogP contribution in [0.15, 0.2) is 36.5 Å². The average molecular weight is 386 g/mol. The Kier molecular flexibility index (Phi) is 6.98. The second kappa shape index (κ2) is 9.21. The second-order valence-corrected chi connectivity index (χ2v) is 7.05. The van der Waals surface area contributed by atoms with E-state index >= 15 is 0 Å². The summed E-state index contributed by atoms with van der Waals surface area (Å²) in [6.45, 7) is 7.91. The van der Waals surface area contributed by atoms with E-state index in [1.807, 2.05) is 19.1 Å². The standard InChI is InChI=1S/C21H26N2O5/c1-6-27-18-17(13-23-20(25)28-21(2,3)4)11-16(12-22-18)14-8-7-9-15(10-14)19(24)26-5/h7-12H,6,13H2,1-5H3,(H,23,25). The van der Waals surface area contributed by atoms with Gasteiger partial charge in [-0.15, -0.1) is 0 Å². The monoisotopic (exact) mass is 386 g/mol. The Hall–Kier alpha value is -3.09. The first-order chi connectivity index (χ1) is 13.2. The van der Waals surface area contributed by atoms with Crippen molar-refractivity contribution in [3.05, 3.63) is 47.7 Å². The number of ether oxygens (including phenoxy) is 3. The Labute approximate surface area is 165 Å². The molecule has 7 nitrogen and oxygen atoms in total. The zero-order valence-electron chi connectivity index (χ0n) is 16.9. The number of hydrogen-bond acceptors (Lipinski definition) is 6. The topological polar surface area (TPSA) is 86.8 Å². The lowest BCUT2D eigenvalue weighted by molar-refractivity contribution is 0.0522. The SMILES string of the molecule is CCOc1ncc(-c2cccc(C(=O)OC)c2)cc1CNC(=O)OC(C)(C)C. The molecule has 0 spiro atoms. The van der Waals surface area contributed by atoms with Crippen molar-refractivity contribution in [2.45, 2.75) is 39.8 Å². The number of hydrogen-bond donors (Lipinski definition) is 1. The third-order valence-electron chi connectivity index (χ3n) is 3.65. The van der Waals surface area contributed by atoms with E-state index in [9.17, 15) is 9.59 Å². The summed E-state index contributed by atoms with van der Waals surface area (Å²) >= 11 is 0. The first-order valence-electron chi connectivity index (χ1n) is 9.01. The molecule has 1 N–H and O–H groups in total. The third-order valence-corrected chi connectivity index (χ3v) is 3.65. The first kappa shape index (κ1) is 21.2. The maximum Gasteiger partial charge on any atom is 0.407 e. The van der Waals surface area contributed by atoms with Gasteiger partial charge in [0, 0.05) is 17.3 Å². The van der Waals surface area contributed by atoms with Gasteiger partial charge in [-0.3, -0.25) is 0 Å². The van der Waals surface area contributed by atoms with Crippen molar-refractivity contribution in [3.63, 3.8) is 0 Å². The molecule has 0 aliphatic carbocycles. The lowest BCUT2D eigenvalue weighted by atomic mass is 10.0. The zero-order chi connectivity index (χ0) is 20.7. The molecule has 0 unspecified atom stereocenters. The number of methoxy groups -OCH3 is 1. The molecule has 2 rings (SSSR count). The summed E-state index contributed by atoms with van der Waals surface area (Å²) in [6, 6.07) is 8.92. The molecular weight excluding hydrogens is 360 g/mol. The molecule has 1 aromatic heterocycles. The van der Waals surface area contributed by atoms with Crippen LogP contribution >= 0.6 is 0 Å². The molecule has 0 bridgehead atoms. The average Bonchev–Trinajstić information content (AvgIpc) is 2.65. The minimum Gasteiger partial charge on any atom is -0.478 e. The van der Waals surface area contributed by atoms with Gasteiger partial charge in [-0.25, -0.2) is 14.6 Å². The summed E-state index contributed by atoms with van der Waals surface area (Å²) in [5.41, 5.74) is 2.16. The molecule has 1 heterocycles. The van der Waals surface area contributed by atoms with Crippen LogP contribution in [0.2, 0.25) is 0 Å². The largest absolute Gasteiger partial charge is 0.478 e. The molecule has 28 heavy (non-hydrogen) atoms. The molecule has 0 saturated carbocycles. The molecular formula is C21H26N2O5. The number of pyridine rings is 1. The summed E-state index contributed by atoms with van der Waals surface area (Å²) in [6.07, 6.45) is 1.14. The summed E-state index contributed by atoms with van der Waals surface area (Å²) in [5, 5.41) is 2.72. The maximum atomic E-state index is 12.0. The van der Waals surface area contributed by atoms with Crippen LogP contribution in [0.25, 0.3) is 11.1 Å². The molecule has 1 amide bonds. The van der Waals surface area contributed by atoms with E-state index in [1.165, 1.54) is 7.11 Å². The number of rotatable bonds is 6. The van der Waals surface area contributed by atoms with Crippen LogP contribution in [0.5, 0.6) is 5.88 Å². The molecule has 7 heteroatoms. The van der Waals surface area contributed by atoms with Crippen LogP contribution in [0.4, 0.5) is 4.79 Å². The van der Waals surface area contributed by atoms with Crippen LogP contribution in [0.1, 0.15) is 43.6 Å². The van der Waals surface area contributed by atoms with Gasteiger partial charge >= 0.3 is 12.1 Å². The van der Waals surface area contributed by atoms with Gasteiger partial charge in [0.05, 0.1) is 25.8 Å².